The number of likely N-dealkylation sites (tertiary alicyclic amines) is 1. The van der Waals surface area contributed by atoms with Crippen LogP contribution in [0.5, 0.6) is 0 Å². The van der Waals surface area contributed by atoms with E-state index in [4.69, 9.17) is 28.9 Å². The summed E-state index contributed by atoms with van der Waals surface area (Å²) < 4.78 is 1.42. The first-order valence-corrected chi connectivity index (χ1v) is 11.7. The summed E-state index contributed by atoms with van der Waals surface area (Å²) >= 11 is 12.6. The molecule has 0 unspecified atom stereocenters. The van der Waals surface area contributed by atoms with Crippen molar-refractivity contribution in [3.8, 4) is 5.69 Å². The SMILES string of the molecule is CN1CCC(N(C)C(=O)c2ccc(Nc3cn(-c4c(Cl)cccc4Cl)nc3C(N)=O)cc2)CC1. The number of nitrogens with zero attached hydrogens (tertiary/aromatic N) is 4. The first-order chi connectivity index (χ1) is 16.2. The zero-order valence-corrected chi connectivity index (χ0v) is 20.5. The number of carbonyl (C=O) groups excluding carboxylic acids is 2. The molecule has 10 heteroatoms. The molecule has 3 N–H and O–H groups in total. The van der Waals surface area contributed by atoms with Crippen LogP contribution in [0.25, 0.3) is 5.69 Å². The van der Waals surface area contributed by atoms with Crippen LogP contribution in [0, 0.1) is 0 Å². The number of benzene rings is 2. The molecule has 0 bridgehead atoms. The molecular weight excluding hydrogens is 475 g/mol. The fraction of sp³-hybridized carbons (Fsp3) is 0.292. The topological polar surface area (TPSA) is 96.5 Å². The van der Waals surface area contributed by atoms with E-state index in [1.165, 1.54) is 4.68 Å². The Labute approximate surface area is 208 Å². The predicted octanol–water partition coefficient (Wildman–Crippen LogP) is 4.19. The van der Waals surface area contributed by atoms with E-state index >= 15 is 0 Å². The summed E-state index contributed by atoms with van der Waals surface area (Å²) in [7, 11) is 3.96. The third-order valence-corrected chi connectivity index (χ3v) is 6.69. The Bertz CT molecular complexity index is 1180. The molecule has 34 heavy (non-hydrogen) atoms. The van der Waals surface area contributed by atoms with Gasteiger partial charge >= 0.3 is 0 Å². The average molecular weight is 501 g/mol. The van der Waals surface area contributed by atoms with Crippen LogP contribution >= 0.6 is 23.2 Å². The van der Waals surface area contributed by atoms with Gasteiger partial charge in [0.1, 0.15) is 5.69 Å². The van der Waals surface area contributed by atoms with Crippen LogP contribution in [-0.2, 0) is 0 Å². The molecule has 0 radical (unpaired) electrons. The van der Waals surface area contributed by atoms with Gasteiger partial charge in [-0.15, -0.1) is 0 Å². The number of piperidine rings is 1. The fourth-order valence-electron chi connectivity index (χ4n) is 4.07. The highest BCUT2D eigenvalue weighted by Crippen LogP contribution is 2.30. The maximum atomic E-state index is 13.0. The van der Waals surface area contributed by atoms with E-state index in [-0.39, 0.29) is 17.6 Å². The molecule has 178 valence electrons. The van der Waals surface area contributed by atoms with Crippen molar-refractivity contribution >= 4 is 46.4 Å². The molecule has 0 atom stereocenters. The molecule has 1 aliphatic heterocycles. The molecule has 2 amide bonds. The Morgan fingerprint density at radius 3 is 2.29 bits per heavy atom. The van der Waals surface area contributed by atoms with Gasteiger partial charge in [0.25, 0.3) is 11.8 Å². The number of para-hydroxylation sites is 1. The van der Waals surface area contributed by atoms with E-state index in [9.17, 15) is 9.59 Å². The number of aromatic nitrogens is 2. The first-order valence-electron chi connectivity index (χ1n) is 10.9. The molecule has 1 aromatic heterocycles. The van der Waals surface area contributed by atoms with Gasteiger partial charge < -0.3 is 20.9 Å². The van der Waals surface area contributed by atoms with Gasteiger partial charge in [0.05, 0.1) is 21.9 Å². The minimum atomic E-state index is -0.698. The lowest BCUT2D eigenvalue weighted by Gasteiger charge is -2.35. The van der Waals surface area contributed by atoms with E-state index in [2.05, 4.69) is 22.4 Å². The highest BCUT2D eigenvalue weighted by Gasteiger charge is 2.25. The molecule has 4 rings (SSSR count). The Kier molecular flexibility index (Phi) is 7.11. The molecular formula is C24H26Cl2N6O2. The van der Waals surface area contributed by atoms with Gasteiger partial charge in [0, 0.05) is 24.3 Å². The van der Waals surface area contributed by atoms with Gasteiger partial charge in [-0.2, -0.15) is 5.10 Å². The Balaban J connectivity index is 1.53. The molecule has 0 spiro atoms. The second-order valence-corrected chi connectivity index (χ2v) is 9.24. The molecule has 1 fully saturated rings. The van der Waals surface area contributed by atoms with Crippen LogP contribution in [0.15, 0.2) is 48.7 Å². The second kappa shape index (κ2) is 10.0. The number of rotatable bonds is 6. The third-order valence-electron chi connectivity index (χ3n) is 6.08. The van der Waals surface area contributed by atoms with Gasteiger partial charge in [-0.3, -0.25) is 9.59 Å². The number of nitrogens with one attached hydrogen (secondary N) is 1. The molecule has 1 saturated heterocycles. The van der Waals surface area contributed by atoms with Crippen molar-refractivity contribution in [1.82, 2.24) is 19.6 Å². The third kappa shape index (κ3) is 5.04. The summed E-state index contributed by atoms with van der Waals surface area (Å²) in [6.45, 7) is 1.97. The summed E-state index contributed by atoms with van der Waals surface area (Å²) in [4.78, 5) is 29.1. The highest BCUT2D eigenvalue weighted by atomic mass is 35.5. The maximum Gasteiger partial charge on any atom is 0.271 e. The van der Waals surface area contributed by atoms with Crippen LogP contribution < -0.4 is 11.1 Å². The van der Waals surface area contributed by atoms with E-state index < -0.39 is 5.91 Å². The smallest absolute Gasteiger partial charge is 0.271 e. The summed E-state index contributed by atoms with van der Waals surface area (Å²) in [5.74, 6) is -0.712. The van der Waals surface area contributed by atoms with Gasteiger partial charge in [0.15, 0.2) is 5.69 Å². The van der Waals surface area contributed by atoms with Crippen molar-refractivity contribution in [3.05, 3.63) is 70.0 Å². The lowest BCUT2D eigenvalue weighted by Crippen LogP contribution is -2.44. The number of halogens is 2. The van der Waals surface area contributed by atoms with Crippen LogP contribution in [0.1, 0.15) is 33.7 Å². The number of carbonyl (C=O) groups is 2. The summed E-state index contributed by atoms with van der Waals surface area (Å²) in [6.07, 6.45) is 3.53. The standard InChI is InChI=1S/C24H26Cl2N6O2/c1-30-12-10-17(11-13-30)31(2)24(34)15-6-8-16(9-7-15)28-20-14-32(29-21(20)23(27)33)22-18(25)4-3-5-19(22)26/h3-9,14,17,28H,10-13H2,1-2H3,(H2,27,33). The Morgan fingerprint density at radius 2 is 1.71 bits per heavy atom. The van der Waals surface area contributed by atoms with Crippen LogP contribution in [0.2, 0.25) is 10.0 Å². The van der Waals surface area contributed by atoms with E-state index in [1.54, 1.807) is 48.7 Å². The monoisotopic (exact) mass is 500 g/mol. The quantitative estimate of drug-likeness (QED) is 0.528. The van der Waals surface area contributed by atoms with Crippen molar-refractivity contribution in [2.45, 2.75) is 18.9 Å². The van der Waals surface area contributed by atoms with Crippen molar-refractivity contribution in [1.29, 1.82) is 0 Å². The van der Waals surface area contributed by atoms with E-state index in [0.717, 1.165) is 25.9 Å². The van der Waals surface area contributed by atoms with Gasteiger partial charge in [0.2, 0.25) is 0 Å². The number of hydrogen-bond acceptors (Lipinski definition) is 5. The van der Waals surface area contributed by atoms with Gasteiger partial charge in [-0.1, -0.05) is 29.3 Å². The normalized spacial score (nSPS) is 14.7. The number of primary amides is 1. The Hall–Kier alpha value is -3.07. The molecule has 8 nitrogen and oxygen atoms in total. The molecule has 2 aromatic carbocycles. The number of amides is 2. The molecule has 3 aromatic rings. The largest absolute Gasteiger partial charge is 0.364 e. The minimum absolute atomic E-state index is 0.0138. The van der Waals surface area contributed by atoms with Gasteiger partial charge in [-0.05, 0) is 69.4 Å². The van der Waals surface area contributed by atoms with E-state index in [1.807, 2.05) is 11.9 Å². The first kappa shape index (κ1) is 24.1. The van der Waals surface area contributed by atoms with Crippen molar-refractivity contribution in [2.24, 2.45) is 5.73 Å². The lowest BCUT2D eigenvalue weighted by atomic mass is 10.0. The van der Waals surface area contributed by atoms with Crippen LogP contribution in [-0.4, -0.2) is 64.6 Å². The predicted molar refractivity (Wildman–Crippen MR) is 134 cm³/mol. The maximum absolute atomic E-state index is 13.0. The summed E-state index contributed by atoms with van der Waals surface area (Å²) in [5, 5.41) is 8.18. The minimum Gasteiger partial charge on any atom is -0.364 e. The zero-order valence-electron chi connectivity index (χ0n) is 19.0. The molecule has 0 aliphatic carbocycles. The van der Waals surface area contributed by atoms with E-state index in [0.29, 0.717) is 32.7 Å². The molecule has 1 aliphatic rings. The summed E-state index contributed by atoms with van der Waals surface area (Å²) in [6, 6.07) is 12.4. The fourth-order valence-corrected chi connectivity index (χ4v) is 4.64. The zero-order chi connectivity index (χ0) is 24.4. The summed E-state index contributed by atoms with van der Waals surface area (Å²) in [5.41, 5.74) is 7.69. The molecule has 0 saturated carbocycles. The lowest BCUT2D eigenvalue weighted by molar-refractivity contribution is 0.0659. The van der Waals surface area contributed by atoms with Crippen molar-refractivity contribution in [3.63, 3.8) is 0 Å². The number of hydrogen-bond donors (Lipinski definition) is 2. The number of nitrogens with two attached hydrogens (primary N) is 1. The van der Waals surface area contributed by atoms with Crippen molar-refractivity contribution in [2.75, 3.05) is 32.5 Å². The van der Waals surface area contributed by atoms with Crippen LogP contribution in [0.3, 0.4) is 0 Å². The Morgan fingerprint density at radius 1 is 1.09 bits per heavy atom. The van der Waals surface area contributed by atoms with Crippen molar-refractivity contribution < 1.29 is 9.59 Å². The number of anilines is 2. The van der Waals surface area contributed by atoms with Gasteiger partial charge in [-0.25, -0.2) is 4.68 Å². The van der Waals surface area contributed by atoms with Crippen LogP contribution in [0.4, 0.5) is 11.4 Å². The average Bonchev–Trinajstić information content (AvgIpc) is 3.22. The highest BCUT2D eigenvalue weighted by molar-refractivity contribution is 6.37. The second-order valence-electron chi connectivity index (χ2n) is 8.42. The molecule has 2 heterocycles.